The van der Waals surface area contributed by atoms with Crippen LogP contribution in [0.1, 0.15) is 37.7 Å². The lowest BCUT2D eigenvalue weighted by atomic mass is 9.93. The number of nitrogens with two attached hydrogens (primary N) is 1. The summed E-state index contributed by atoms with van der Waals surface area (Å²) in [4.78, 5) is 9.92. The largest absolute Gasteiger partial charge is 0.490 e. The summed E-state index contributed by atoms with van der Waals surface area (Å²) < 4.78 is 31.5. The Morgan fingerprint density at radius 3 is 2.75 bits per heavy atom. The second kappa shape index (κ2) is 6.13. The molecule has 5 nitrogen and oxygen atoms in total. The summed E-state index contributed by atoms with van der Waals surface area (Å²) in [7, 11) is 0. The Labute approximate surface area is 114 Å². The molecule has 0 bridgehead atoms. The van der Waals surface area contributed by atoms with E-state index in [4.69, 9.17) is 10.5 Å². The third-order valence-electron chi connectivity index (χ3n) is 3.40. The molecule has 2 rings (SSSR count). The molecule has 1 aromatic carbocycles. The first-order chi connectivity index (χ1) is 9.47. The number of non-ortho nitro benzene ring substituents is 1. The Morgan fingerprint density at radius 2 is 2.15 bits per heavy atom. The Bertz CT molecular complexity index is 497. The number of nitro benzene ring substituents is 1. The number of nitro groups is 1. The molecule has 0 radical (unpaired) electrons. The van der Waals surface area contributed by atoms with Crippen molar-refractivity contribution < 1.29 is 18.4 Å². The molecular weight excluding hydrogens is 270 g/mol. The van der Waals surface area contributed by atoms with Crippen molar-refractivity contribution in [3.63, 3.8) is 0 Å². The SMILES string of the molecule is NC1CCCC(Oc2ccc([N+](=O)[O-])cc2C(F)F)C1. The Balaban J connectivity index is 2.20. The van der Waals surface area contributed by atoms with Gasteiger partial charge in [0, 0.05) is 18.2 Å². The quantitative estimate of drug-likeness (QED) is 0.681. The maximum absolute atomic E-state index is 13.0. The standard InChI is InChI=1S/C13H16F2N2O3/c14-13(15)11-7-9(17(18)19)4-5-12(11)20-10-3-1-2-8(16)6-10/h4-5,7-8,10,13H,1-3,6,16H2. The number of hydrogen-bond acceptors (Lipinski definition) is 4. The maximum atomic E-state index is 13.0. The van der Waals surface area contributed by atoms with Crippen LogP contribution in [0.5, 0.6) is 5.75 Å². The Hall–Kier alpha value is -1.76. The zero-order valence-corrected chi connectivity index (χ0v) is 10.8. The van der Waals surface area contributed by atoms with Crippen LogP contribution in [0.15, 0.2) is 18.2 Å². The van der Waals surface area contributed by atoms with Gasteiger partial charge in [-0.05, 0) is 31.7 Å². The summed E-state index contributed by atoms with van der Waals surface area (Å²) in [5.74, 6) is 0.00435. The first-order valence-electron chi connectivity index (χ1n) is 6.46. The fraction of sp³-hybridized carbons (Fsp3) is 0.538. The van der Waals surface area contributed by atoms with Crippen LogP contribution in [0.3, 0.4) is 0 Å². The number of hydrogen-bond donors (Lipinski definition) is 1. The van der Waals surface area contributed by atoms with Gasteiger partial charge >= 0.3 is 0 Å². The predicted octanol–water partition coefficient (Wildman–Crippen LogP) is 3.18. The van der Waals surface area contributed by atoms with Gasteiger partial charge in [0.15, 0.2) is 0 Å². The minimum absolute atomic E-state index is 0.00435. The van der Waals surface area contributed by atoms with Gasteiger partial charge in [-0.1, -0.05) is 0 Å². The summed E-state index contributed by atoms with van der Waals surface area (Å²) in [6.07, 6.45) is 0.136. The molecule has 1 aromatic rings. The van der Waals surface area contributed by atoms with Crippen LogP contribution in [0, 0.1) is 10.1 Å². The second-order valence-electron chi connectivity index (χ2n) is 4.95. The van der Waals surface area contributed by atoms with Gasteiger partial charge in [0.05, 0.1) is 10.5 Å². The van der Waals surface area contributed by atoms with Gasteiger partial charge in [0.1, 0.15) is 11.9 Å². The molecular formula is C13H16F2N2O3. The van der Waals surface area contributed by atoms with Gasteiger partial charge in [-0.3, -0.25) is 10.1 Å². The van der Waals surface area contributed by atoms with Crippen LogP contribution in [-0.4, -0.2) is 17.1 Å². The van der Waals surface area contributed by atoms with Crippen molar-refractivity contribution in [3.8, 4) is 5.75 Å². The highest BCUT2D eigenvalue weighted by Crippen LogP contribution is 2.34. The number of halogens is 2. The highest BCUT2D eigenvalue weighted by Gasteiger charge is 2.24. The number of nitrogens with zero attached hydrogens (tertiary/aromatic N) is 1. The average Bonchev–Trinajstić information content (AvgIpc) is 2.38. The van der Waals surface area contributed by atoms with Gasteiger partial charge in [-0.2, -0.15) is 0 Å². The van der Waals surface area contributed by atoms with E-state index in [0.29, 0.717) is 6.42 Å². The third kappa shape index (κ3) is 3.41. The van der Waals surface area contributed by atoms with Gasteiger partial charge in [0.25, 0.3) is 12.1 Å². The van der Waals surface area contributed by atoms with Crippen molar-refractivity contribution in [2.75, 3.05) is 0 Å². The summed E-state index contributed by atoms with van der Waals surface area (Å²) in [6.45, 7) is 0. The highest BCUT2D eigenvalue weighted by atomic mass is 19.3. The van der Waals surface area contributed by atoms with Crippen molar-refractivity contribution in [2.45, 2.75) is 44.3 Å². The van der Waals surface area contributed by atoms with E-state index in [1.54, 1.807) is 0 Å². The van der Waals surface area contributed by atoms with Crippen molar-refractivity contribution in [3.05, 3.63) is 33.9 Å². The highest BCUT2D eigenvalue weighted by molar-refractivity contribution is 5.44. The van der Waals surface area contributed by atoms with Crippen LogP contribution >= 0.6 is 0 Å². The van der Waals surface area contributed by atoms with Crippen molar-refractivity contribution in [2.24, 2.45) is 5.73 Å². The van der Waals surface area contributed by atoms with Gasteiger partial charge < -0.3 is 10.5 Å². The van der Waals surface area contributed by atoms with Crippen LogP contribution < -0.4 is 10.5 Å². The summed E-state index contributed by atoms with van der Waals surface area (Å²) in [5.41, 5.74) is 5.01. The van der Waals surface area contributed by atoms with Crippen LogP contribution in [-0.2, 0) is 0 Å². The summed E-state index contributed by atoms with van der Waals surface area (Å²) in [6, 6.07) is 3.29. The minimum Gasteiger partial charge on any atom is -0.490 e. The monoisotopic (exact) mass is 286 g/mol. The molecule has 20 heavy (non-hydrogen) atoms. The fourth-order valence-electron chi connectivity index (χ4n) is 2.39. The maximum Gasteiger partial charge on any atom is 0.270 e. The van der Waals surface area contributed by atoms with E-state index in [2.05, 4.69) is 0 Å². The zero-order chi connectivity index (χ0) is 14.7. The molecule has 0 amide bonds. The van der Waals surface area contributed by atoms with Crippen LogP contribution in [0.25, 0.3) is 0 Å². The summed E-state index contributed by atoms with van der Waals surface area (Å²) >= 11 is 0. The number of ether oxygens (including phenoxy) is 1. The predicted molar refractivity (Wildman–Crippen MR) is 68.9 cm³/mol. The zero-order valence-electron chi connectivity index (χ0n) is 10.8. The molecule has 1 saturated carbocycles. The van der Waals surface area contributed by atoms with Gasteiger partial charge in [-0.25, -0.2) is 8.78 Å². The smallest absolute Gasteiger partial charge is 0.270 e. The lowest BCUT2D eigenvalue weighted by Gasteiger charge is -2.28. The average molecular weight is 286 g/mol. The molecule has 1 aliphatic rings. The Morgan fingerprint density at radius 1 is 1.40 bits per heavy atom. The van der Waals surface area contributed by atoms with Crippen molar-refractivity contribution in [1.82, 2.24) is 0 Å². The van der Waals surface area contributed by atoms with Crippen molar-refractivity contribution >= 4 is 5.69 Å². The van der Waals surface area contributed by atoms with E-state index in [-0.39, 0.29) is 23.6 Å². The van der Waals surface area contributed by atoms with E-state index in [0.717, 1.165) is 25.3 Å². The fourth-order valence-corrected chi connectivity index (χ4v) is 2.39. The number of rotatable bonds is 4. The lowest BCUT2D eigenvalue weighted by molar-refractivity contribution is -0.385. The molecule has 110 valence electrons. The second-order valence-corrected chi connectivity index (χ2v) is 4.95. The number of benzene rings is 1. The first-order valence-corrected chi connectivity index (χ1v) is 6.46. The normalized spacial score (nSPS) is 22.8. The molecule has 0 heterocycles. The molecule has 0 aliphatic heterocycles. The van der Waals surface area contributed by atoms with E-state index in [1.807, 2.05) is 0 Å². The molecule has 2 unspecified atom stereocenters. The molecule has 0 aromatic heterocycles. The van der Waals surface area contributed by atoms with E-state index >= 15 is 0 Å². The van der Waals surface area contributed by atoms with E-state index in [1.165, 1.54) is 12.1 Å². The molecule has 1 aliphatic carbocycles. The lowest BCUT2D eigenvalue weighted by Crippen LogP contribution is -2.33. The first kappa shape index (κ1) is 14.6. The third-order valence-corrected chi connectivity index (χ3v) is 3.40. The summed E-state index contributed by atoms with van der Waals surface area (Å²) in [5, 5.41) is 10.6. The molecule has 1 fully saturated rings. The van der Waals surface area contributed by atoms with Crippen molar-refractivity contribution in [1.29, 1.82) is 0 Å². The molecule has 0 spiro atoms. The molecule has 7 heteroatoms. The van der Waals surface area contributed by atoms with E-state index < -0.39 is 16.9 Å². The van der Waals surface area contributed by atoms with Crippen LogP contribution in [0.4, 0.5) is 14.5 Å². The minimum atomic E-state index is -2.82. The van der Waals surface area contributed by atoms with E-state index in [9.17, 15) is 18.9 Å². The van der Waals surface area contributed by atoms with Gasteiger partial charge in [-0.15, -0.1) is 0 Å². The molecule has 2 atom stereocenters. The van der Waals surface area contributed by atoms with Crippen LogP contribution in [0.2, 0.25) is 0 Å². The topological polar surface area (TPSA) is 78.4 Å². The molecule has 2 N–H and O–H groups in total. The molecule has 0 saturated heterocycles. The Kier molecular flexibility index (Phi) is 4.49. The number of alkyl halides is 2. The van der Waals surface area contributed by atoms with Gasteiger partial charge in [0.2, 0.25) is 0 Å².